The maximum atomic E-state index is 12.0. The molecule has 1 amide bonds. The van der Waals surface area contributed by atoms with Crippen molar-refractivity contribution >= 4 is 29.3 Å². The van der Waals surface area contributed by atoms with Crippen molar-refractivity contribution in [1.29, 1.82) is 0 Å². The molecule has 1 aromatic heterocycles. The number of nitrogens with zero attached hydrogens (tertiary/aromatic N) is 1. The molecule has 0 fully saturated rings. The van der Waals surface area contributed by atoms with E-state index in [1.807, 2.05) is 6.92 Å². The largest absolute Gasteiger partial charge is 0.478 e. The minimum absolute atomic E-state index is 0.166. The number of aromatic nitrogens is 1. The van der Waals surface area contributed by atoms with Crippen LogP contribution in [0.4, 0.5) is 0 Å². The number of aryl methyl sites for hydroxylation is 1. The second kappa shape index (κ2) is 6.81. The van der Waals surface area contributed by atoms with Crippen LogP contribution < -0.4 is 5.32 Å². The molecule has 0 atom stereocenters. The summed E-state index contributed by atoms with van der Waals surface area (Å²) in [4.78, 5) is 27.5. The molecule has 6 heteroatoms. The Bertz CT molecular complexity index is 678. The van der Waals surface area contributed by atoms with Gasteiger partial charge in [-0.05, 0) is 36.3 Å². The van der Waals surface area contributed by atoms with Crippen molar-refractivity contribution in [1.82, 2.24) is 10.3 Å². The van der Waals surface area contributed by atoms with Crippen LogP contribution in [0.1, 0.15) is 26.4 Å². The number of carbonyl (C=O) groups is 2. The normalized spacial score (nSPS) is 10.7. The summed E-state index contributed by atoms with van der Waals surface area (Å²) in [5, 5.41) is 11.4. The highest BCUT2D eigenvalue weighted by Crippen LogP contribution is 2.13. The average molecular weight is 302 g/mol. The third kappa shape index (κ3) is 4.25. The molecule has 0 unspecified atom stereocenters. The molecule has 0 aliphatic carbocycles. The SMILES string of the molecule is Cc1cc(C(=O)NCc2cncs2)ccc1/C=C/C(=O)O. The summed E-state index contributed by atoms with van der Waals surface area (Å²) >= 11 is 1.48. The first-order chi connectivity index (χ1) is 10.1. The highest BCUT2D eigenvalue weighted by molar-refractivity contribution is 7.09. The number of carboxylic acids is 1. The van der Waals surface area contributed by atoms with Gasteiger partial charge in [0.2, 0.25) is 0 Å². The first kappa shape index (κ1) is 14.9. The van der Waals surface area contributed by atoms with Gasteiger partial charge >= 0.3 is 5.97 Å². The van der Waals surface area contributed by atoms with E-state index in [0.29, 0.717) is 12.1 Å². The molecule has 0 aliphatic heterocycles. The quantitative estimate of drug-likeness (QED) is 0.832. The first-order valence-electron chi connectivity index (χ1n) is 6.23. The van der Waals surface area contributed by atoms with Gasteiger partial charge in [0.1, 0.15) is 0 Å². The van der Waals surface area contributed by atoms with Gasteiger partial charge in [0.05, 0.1) is 12.1 Å². The number of rotatable bonds is 5. The van der Waals surface area contributed by atoms with E-state index in [9.17, 15) is 9.59 Å². The van der Waals surface area contributed by atoms with Gasteiger partial charge in [0, 0.05) is 22.7 Å². The molecule has 0 radical (unpaired) electrons. The number of carboxylic acid groups (broad SMARTS) is 1. The van der Waals surface area contributed by atoms with Crippen LogP contribution in [0.15, 0.2) is 36.0 Å². The minimum Gasteiger partial charge on any atom is -0.478 e. The van der Waals surface area contributed by atoms with Crippen LogP contribution in [0.3, 0.4) is 0 Å². The number of nitrogens with one attached hydrogen (secondary N) is 1. The van der Waals surface area contributed by atoms with Gasteiger partial charge in [-0.3, -0.25) is 9.78 Å². The molecule has 1 aromatic carbocycles. The van der Waals surface area contributed by atoms with Gasteiger partial charge in [-0.15, -0.1) is 11.3 Å². The third-order valence-corrected chi connectivity index (χ3v) is 3.62. The van der Waals surface area contributed by atoms with Crippen molar-refractivity contribution in [3.05, 3.63) is 57.6 Å². The second-order valence-corrected chi connectivity index (χ2v) is 5.36. The highest BCUT2D eigenvalue weighted by Gasteiger charge is 2.07. The van der Waals surface area contributed by atoms with Gasteiger partial charge in [-0.25, -0.2) is 4.79 Å². The zero-order valence-corrected chi connectivity index (χ0v) is 12.2. The predicted molar refractivity (Wildman–Crippen MR) is 81.1 cm³/mol. The van der Waals surface area contributed by atoms with Gasteiger partial charge < -0.3 is 10.4 Å². The zero-order valence-electron chi connectivity index (χ0n) is 11.4. The molecular weight excluding hydrogens is 288 g/mol. The number of hydrogen-bond donors (Lipinski definition) is 2. The third-order valence-electron chi connectivity index (χ3n) is 2.84. The number of amides is 1. The lowest BCUT2D eigenvalue weighted by molar-refractivity contribution is -0.131. The Balaban J connectivity index is 2.05. The Morgan fingerprint density at radius 2 is 2.24 bits per heavy atom. The van der Waals surface area contributed by atoms with Crippen molar-refractivity contribution < 1.29 is 14.7 Å². The Labute approximate surface area is 126 Å². The van der Waals surface area contributed by atoms with Gasteiger partial charge in [0.15, 0.2) is 0 Å². The standard InChI is InChI=1S/C15H14N2O3S/c1-10-6-12(3-2-11(10)4-5-14(18)19)15(20)17-8-13-7-16-9-21-13/h2-7,9H,8H2,1H3,(H,17,20)(H,18,19)/b5-4+. The Hall–Kier alpha value is -2.47. The summed E-state index contributed by atoms with van der Waals surface area (Å²) in [7, 11) is 0. The van der Waals surface area contributed by atoms with E-state index >= 15 is 0 Å². The lowest BCUT2D eigenvalue weighted by atomic mass is 10.0. The number of thiazole rings is 1. The fourth-order valence-electron chi connectivity index (χ4n) is 1.76. The van der Waals surface area contributed by atoms with Crippen molar-refractivity contribution in [3.8, 4) is 0 Å². The molecule has 2 N–H and O–H groups in total. The van der Waals surface area contributed by atoms with E-state index in [-0.39, 0.29) is 5.91 Å². The van der Waals surface area contributed by atoms with Crippen molar-refractivity contribution in [2.24, 2.45) is 0 Å². The topological polar surface area (TPSA) is 79.3 Å². The maximum absolute atomic E-state index is 12.0. The molecule has 1 heterocycles. The maximum Gasteiger partial charge on any atom is 0.328 e. The summed E-state index contributed by atoms with van der Waals surface area (Å²) in [5.41, 5.74) is 3.88. The van der Waals surface area contributed by atoms with Gasteiger partial charge in [0.25, 0.3) is 5.91 Å². The van der Waals surface area contributed by atoms with Gasteiger partial charge in [-0.1, -0.05) is 6.07 Å². The van der Waals surface area contributed by atoms with Crippen LogP contribution >= 0.6 is 11.3 Å². The van der Waals surface area contributed by atoms with Crippen LogP contribution in [0.5, 0.6) is 0 Å². The zero-order chi connectivity index (χ0) is 15.2. The number of hydrogen-bond acceptors (Lipinski definition) is 4. The molecule has 5 nitrogen and oxygen atoms in total. The second-order valence-electron chi connectivity index (χ2n) is 4.39. The molecule has 108 valence electrons. The number of carbonyl (C=O) groups excluding carboxylic acids is 1. The molecule has 2 aromatic rings. The van der Waals surface area contributed by atoms with Crippen molar-refractivity contribution in [2.75, 3.05) is 0 Å². The Morgan fingerprint density at radius 1 is 1.43 bits per heavy atom. The fraction of sp³-hybridized carbons (Fsp3) is 0.133. The molecule has 0 saturated heterocycles. The lowest BCUT2D eigenvalue weighted by Crippen LogP contribution is -2.22. The van der Waals surface area contributed by atoms with Crippen molar-refractivity contribution in [3.63, 3.8) is 0 Å². The monoisotopic (exact) mass is 302 g/mol. The lowest BCUT2D eigenvalue weighted by Gasteiger charge is -2.06. The van der Waals surface area contributed by atoms with Crippen LogP contribution in [0, 0.1) is 6.92 Å². The summed E-state index contributed by atoms with van der Waals surface area (Å²) in [6.45, 7) is 2.28. The number of aliphatic carboxylic acids is 1. The fourth-order valence-corrected chi connectivity index (χ4v) is 2.30. The summed E-state index contributed by atoms with van der Waals surface area (Å²) in [5.74, 6) is -1.17. The number of benzene rings is 1. The first-order valence-corrected chi connectivity index (χ1v) is 7.11. The van der Waals surface area contributed by atoms with E-state index in [1.54, 1.807) is 29.9 Å². The van der Waals surface area contributed by atoms with E-state index in [2.05, 4.69) is 10.3 Å². The molecule has 2 rings (SSSR count). The van der Waals surface area contributed by atoms with Crippen LogP contribution in [0.2, 0.25) is 0 Å². The molecule has 0 saturated carbocycles. The van der Waals surface area contributed by atoms with Gasteiger partial charge in [-0.2, -0.15) is 0 Å². The Morgan fingerprint density at radius 3 is 2.86 bits per heavy atom. The van der Waals surface area contributed by atoms with Crippen molar-refractivity contribution in [2.45, 2.75) is 13.5 Å². The van der Waals surface area contributed by atoms with Crippen LogP contribution in [0.25, 0.3) is 6.08 Å². The molecule has 21 heavy (non-hydrogen) atoms. The van der Waals surface area contributed by atoms with E-state index in [0.717, 1.165) is 22.1 Å². The summed E-state index contributed by atoms with van der Waals surface area (Å²) < 4.78 is 0. The minimum atomic E-state index is -0.999. The van der Waals surface area contributed by atoms with Crippen LogP contribution in [-0.2, 0) is 11.3 Å². The summed E-state index contributed by atoms with van der Waals surface area (Å²) in [6, 6.07) is 5.15. The van der Waals surface area contributed by atoms with Crippen LogP contribution in [-0.4, -0.2) is 22.0 Å². The molecule has 0 spiro atoms. The highest BCUT2D eigenvalue weighted by atomic mass is 32.1. The average Bonchev–Trinajstić information content (AvgIpc) is 2.96. The van der Waals surface area contributed by atoms with E-state index in [4.69, 9.17) is 5.11 Å². The molecular formula is C15H14N2O3S. The van der Waals surface area contributed by atoms with E-state index < -0.39 is 5.97 Å². The van der Waals surface area contributed by atoms with E-state index in [1.165, 1.54) is 17.4 Å². The predicted octanol–water partition coefficient (Wildman–Crippen LogP) is 2.48. The Kier molecular flexibility index (Phi) is 4.84. The summed E-state index contributed by atoms with van der Waals surface area (Å²) in [6.07, 6.45) is 4.30. The smallest absolute Gasteiger partial charge is 0.328 e. The molecule has 0 aliphatic rings. The molecule has 0 bridgehead atoms.